The maximum atomic E-state index is 14.1. The van der Waals surface area contributed by atoms with Crippen LogP contribution in [0.2, 0.25) is 15.2 Å². The largest absolute Gasteiger partial charge is 0.226 e. The predicted molar refractivity (Wildman–Crippen MR) is 84.7 cm³/mol. The van der Waals surface area contributed by atoms with Crippen LogP contribution in [0.15, 0.2) is 30.3 Å². The molecule has 1 heterocycles. The van der Waals surface area contributed by atoms with Crippen molar-refractivity contribution in [3.05, 3.63) is 56.9 Å². The molecule has 21 heavy (non-hydrogen) atoms. The van der Waals surface area contributed by atoms with E-state index in [0.29, 0.717) is 20.9 Å². The van der Waals surface area contributed by atoms with Gasteiger partial charge in [-0.2, -0.15) is 0 Å². The summed E-state index contributed by atoms with van der Waals surface area (Å²) in [5, 5.41) is 1.49. The molecule has 0 saturated heterocycles. The average molecular weight is 342 g/mol. The number of hydrogen-bond acceptors (Lipinski definition) is 2. The average Bonchev–Trinajstić information content (AvgIpc) is 2.40. The number of fused-ring (bicyclic) bond motifs is 1. The number of hydrogen-bond donors (Lipinski definition) is 0. The van der Waals surface area contributed by atoms with Crippen LogP contribution in [0.25, 0.3) is 22.3 Å². The highest BCUT2D eigenvalue weighted by Gasteiger charge is 2.14. The van der Waals surface area contributed by atoms with Crippen molar-refractivity contribution in [1.82, 2.24) is 9.97 Å². The topological polar surface area (TPSA) is 25.8 Å². The van der Waals surface area contributed by atoms with E-state index in [1.54, 1.807) is 31.2 Å². The molecule has 0 N–H and O–H groups in total. The van der Waals surface area contributed by atoms with Gasteiger partial charge in [-0.25, -0.2) is 14.4 Å². The van der Waals surface area contributed by atoms with Gasteiger partial charge in [0.1, 0.15) is 11.0 Å². The molecule has 0 amide bonds. The monoisotopic (exact) mass is 340 g/mol. The first kappa shape index (κ1) is 14.5. The minimum Gasteiger partial charge on any atom is -0.226 e. The van der Waals surface area contributed by atoms with Crippen molar-refractivity contribution in [2.24, 2.45) is 0 Å². The van der Waals surface area contributed by atoms with Crippen LogP contribution in [0.4, 0.5) is 4.39 Å². The van der Waals surface area contributed by atoms with Crippen molar-refractivity contribution in [3.8, 4) is 11.4 Å². The molecule has 2 nitrogen and oxygen atoms in total. The Kier molecular flexibility index (Phi) is 3.74. The normalized spacial score (nSPS) is 11.1. The Morgan fingerprint density at radius 2 is 1.76 bits per heavy atom. The van der Waals surface area contributed by atoms with Crippen molar-refractivity contribution in [3.63, 3.8) is 0 Å². The van der Waals surface area contributed by atoms with E-state index < -0.39 is 5.82 Å². The molecule has 0 spiro atoms. The Balaban J connectivity index is 2.30. The van der Waals surface area contributed by atoms with Gasteiger partial charge in [0.2, 0.25) is 0 Å². The van der Waals surface area contributed by atoms with E-state index in [-0.39, 0.29) is 16.5 Å². The maximum Gasteiger partial charge on any atom is 0.164 e. The minimum atomic E-state index is -0.407. The van der Waals surface area contributed by atoms with E-state index >= 15 is 0 Å². The van der Waals surface area contributed by atoms with Gasteiger partial charge in [-0.15, -0.1) is 0 Å². The standard InChI is InChI=1S/C15H8Cl3FN2/c1-7-2-3-9(12(19)4-7)15-20-13-10(14(18)21-15)5-8(16)6-11(13)17/h2-6H,1H3. The molecule has 3 rings (SSSR count). The summed E-state index contributed by atoms with van der Waals surface area (Å²) in [6.07, 6.45) is 0. The van der Waals surface area contributed by atoms with Gasteiger partial charge in [0.15, 0.2) is 5.82 Å². The lowest BCUT2D eigenvalue weighted by Gasteiger charge is -2.08. The summed E-state index contributed by atoms with van der Waals surface area (Å²) in [5.74, 6) is -0.218. The molecule has 1 aromatic heterocycles. The van der Waals surface area contributed by atoms with Gasteiger partial charge >= 0.3 is 0 Å². The van der Waals surface area contributed by atoms with Crippen LogP contribution in [0.5, 0.6) is 0 Å². The molecule has 0 unspecified atom stereocenters. The van der Waals surface area contributed by atoms with E-state index in [9.17, 15) is 4.39 Å². The molecule has 3 aromatic rings. The smallest absolute Gasteiger partial charge is 0.164 e. The first-order chi connectivity index (χ1) is 9.95. The predicted octanol–water partition coefficient (Wildman–Crippen LogP) is 5.70. The van der Waals surface area contributed by atoms with E-state index in [2.05, 4.69) is 9.97 Å². The Bertz CT molecular complexity index is 865. The lowest BCUT2D eigenvalue weighted by atomic mass is 10.1. The van der Waals surface area contributed by atoms with Crippen LogP contribution < -0.4 is 0 Å². The van der Waals surface area contributed by atoms with Crippen molar-refractivity contribution in [1.29, 1.82) is 0 Å². The van der Waals surface area contributed by atoms with Crippen molar-refractivity contribution >= 4 is 45.7 Å². The SMILES string of the molecule is Cc1ccc(-c2nc(Cl)c3cc(Cl)cc(Cl)c3n2)c(F)c1. The fourth-order valence-corrected chi connectivity index (χ4v) is 2.80. The molecule has 0 saturated carbocycles. The summed E-state index contributed by atoms with van der Waals surface area (Å²) in [6.45, 7) is 1.81. The van der Waals surface area contributed by atoms with Crippen LogP contribution in [-0.2, 0) is 0 Å². The van der Waals surface area contributed by atoms with E-state index in [0.717, 1.165) is 5.56 Å². The van der Waals surface area contributed by atoms with Crippen molar-refractivity contribution < 1.29 is 4.39 Å². The Labute approximate surface area is 135 Å². The number of nitrogens with zero attached hydrogens (tertiary/aromatic N) is 2. The zero-order valence-corrected chi connectivity index (χ0v) is 13.1. The first-order valence-corrected chi connectivity index (χ1v) is 7.18. The summed E-state index contributed by atoms with van der Waals surface area (Å²) >= 11 is 18.2. The fourth-order valence-electron chi connectivity index (χ4n) is 2.04. The summed E-state index contributed by atoms with van der Waals surface area (Å²) in [5.41, 5.74) is 1.53. The molecule has 2 aromatic carbocycles. The number of rotatable bonds is 1. The van der Waals surface area contributed by atoms with Crippen LogP contribution in [-0.4, -0.2) is 9.97 Å². The molecule has 6 heteroatoms. The molecule has 0 aliphatic heterocycles. The number of aryl methyl sites for hydroxylation is 1. The van der Waals surface area contributed by atoms with Gasteiger partial charge in [0.05, 0.1) is 16.1 Å². The highest BCUT2D eigenvalue weighted by atomic mass is 35.5. The maximum absolute atomic E-state index is 14.1. The minimum absolute atomic E-state index is 0.180. The van der Waals surface area contributed by atoms with Crippen molar-refractivity contribution in [2.45, 2.75) is 6.92 Å². The zero-order chi connectivity index (χ0) is 15.1. The van der Waals surface area contributed by atoms with Crippen LogP contribution in [0.1, 0.15) is 5.56 Å². The summed E-state index contributed by atoms with van der Waals surface area (Å²) < 4.78 is 14.1. The number of aromatic nitrogens is 2. The fraction of sp³-hybridized carbons (Fsp3) is 0.0667. The second-order valence-corrected chi connectivity index (χ2v) is 5.81. The lowest BCUT2D eigenvalue weighted by molar-refractivity contribution is 0.629. The van der Waals surface area contributed by atoms with Crippen LogP contribution in [0, 0.1) is 12.7 Å². The Morgan fingerprint density at radius 3 is 2.48 bits per heavy atom. The molecular weight excluding hydrogens is 334 g/mol. The zero-order valence-electron chi connectivity index (χ0n) is 10.8. The summed E-state index contributed by atoms with van der Waals surface area (Å²) in [7, 11) is 0. The first-order valence-electron chi connectivity index (χ1n) is 6.04. The quantitative estimate of drug-likeness (QED) is 0.530. The molecule has 106 valence electrons. The molecule has 0 fully saturated rings. The molecule has 0 aliphatic carbocycles. The molecule has 0 atom stereocenters. The highest BCUT2D eigenvalue weighted by Crippen LogP contribution is 2.32. The number of halogens is 4. The Hall–Kier alpha value is -1.42. The lowest BCUT2D eigenvalue weighted by Crippen LogP contribution is -1.95. The van der Waals surface area contributed by atoms with Gasteiger partial charge in [0.25, 0.3) is 0 Å². The summed E-state index contributed by atoms with van der Waals surface area (Å²) in [4.78, 5) is 8.45. The van der Waals surface area contributed by atoms with Gasteiger partial charge < -0.3 is 0 Å². The van der Waals surface area contributed by atoms with Crippen LogP contribution in [0.3, 0.4) is 0 Å². The van der Waals surface area contributed by atoms with E-state index in [1.165, 1.54) is 6.07 Å². The molecule has 0 aliphatic rings. The highest BCUT2D eigenvalue weighted by molar-refractivity contribution is 6.41. The number of benzene rings is 2. The second-order valence-electron chi connectivity index (χ2n) is 4.61. The third-order valence-corrected chi connectivity index (χ3v) is 3.83. The van der Waals surface area contributed by atoms with E-state index in [4.69, 9.17) is 34.8 Å². The third kappa shape index (κ3) is 2.69. The molecule has 0 radical (unpaired) electrons. The van der Waals surface area contributed by atoms with Crippen molar-refractivity contribution in [2.75, 3.05) is 0 Å². The third-order valence-electron chi connectivity index (χ3n) is 3.04. The van der Waals surface area contributed by atoms with Gasteiger partial charge in [-0.05, 0) is 36.8 Å². The second kappa shape index (κ2) is 5.41. The van der Waals surface area contributed by atoms with Gasteiger partial charge in [0, 0.05) is 10.4 Å². The van der Waals surface area contributed by atoms with Crippen LogP contribution >= 0.6 is 34.8 Å². The Morgan fingerprint density at radius 1 is 1.00 bits per heavy atom. The van der Waals surface area contributed by atoms with Gasteiger partial charge in [-0.3, -0.25) is 0 Å². The summed E-state index contributed by atoms with van der Waals surface area (Å²) in [6, 6.07) is 8.00. The molecule has 0 bridgehead atoms. The van der Waals surface area contributed by atoms with E-state index in [1.807, 2.05) is 0 Å². The van der Waals surface area contributed by atoms with Gasteiger partial charge in [-0.1, -0.05) is 40.9 Å². The molecular formula is C15H8Cl3FN2.